The number of nitrogens with zero attached hydrogens (tertiary/aromatic N) is 4. The van der Waals surface area contributed by atoms with Gasteiger partial charge in [-0.05, 0) is 75.3 Å². The van der Waals surface area contributed by atoms with Crippen LogP contribution in [0.2, 0.25) is 0 Å². The predicted molar refractivity (Wildman–Crippen MR) is 196 cm³/mol. The van der Waals surface area contributed by atoms with Crippen LogP contribution in [0.5, 0.6) is 0 Å². The molecule has 0 fully saturated rings. The third-order valence-electron chi connectivity index (χ3n) is 9.37. The van der Waals surface area contributed by atoms with E-state index in [-0.39, 0.29) is 0 Å². The molecule has 0 radical (unpaired) electrons. The molecule has 0 N–H and O–H groups in total. The Balaban J connectivity index is 1.24. The van der Waals surface area contributed by atoms with Crippen molar-refractivity contribution in [2.45, 2.75) is 0 Å². The summed E-state index contributed by atoms with van der Waals surface area (Å²) >= 11 is 0. The third-order valence-corrected chi connectivity index (χ3v) is 14.2. The summed E-state index contributed by atoms with van der Waals surface area (Å²) in [6.45, 7) is 0. The molecule has 0 amide bonds. The highest BCUT2D eigenvalue weighted by molar-refractivity contribution is 7.21. The zero-order valence-corrected chi connectivity index (χ0v) is 26.6. The van der Waals surface area contributed by atoms with Gasteiger partial charge in [-0.1, -0.05) is 115 Å². The molecule has 4 nitrogen and oxygen atoms in total. The Morgan fingerprint density at radius 1 is 0.468 bits per heavy atom. The lowest BCUT2D eigenvalue weighted by molar-refractivity contribution is 1.10. The van der Waals surface area contributed by atoms with E-state index in [9.17, 15) is 0 Å². The molecule has 1 aliphatic rings. The maximum atomic E-state index is 5.05. The molecular weight excluding hydrogens is 589 g/mol. The lowest BCUT2D eigenvalue weighted by atomic mass is 10.1. The molecule has 9 rings (SSSR count). The van der Waals surface area contributed by atoms with Crippen molar-refractivity contribution < 1.29 is 0 Å². The van der Waals surface area contributed by atoms with Gasteiger partial charge in [0.25, 0.3) is 0 Å². The first-order valence-electron chi connectivity index (χ1n) is 15.9. The molecule has 0 saturated carbocycles. The number of anilines is 3. The Morgan fingerprint density at radius 3 is 1.60 bits per heavy atom. The van der Waals surface area contributed by atoms with Crippen molar-refractivity contribution >= 4 is 56.9 Å². The van der Waals surface area contributed by atoms with Crippen LogP contribution in [0.15, 0.2) is 182 Å². The van der Waals surface area contributed by atoms with Crippen molar-refractivity contribution in [2.24, 2.45) is 0 Å². The van der Waals surface area contributed by atoms with E-state index in [0.717, 1.165) is 33.8 Å². The van der Waals surface area contributed by atoms with Crippen LogP contribution in [-0.2, 0) is 0 Å². The van der Waals surface area contributed by atoms with Crippen LogP contribution in [0.3, 0.4) is 0 Å². The van der Waals surface area contributed by atoms with Crippen molar-refractivity contribution in [3.05, 3.63) is 182 Å². The number of hydrogen-bond acceptors (Lipinski definition) is 3. The van der Waals surface area contributed by atoms with Gasteiger partial charge < -0.3 is 4.90 Å². The molecule has 5 heteroatoms. The first-order valence-corrected chi connectivity index (χ1v) is 17.9. The molecular formula is C42H30N4Si. The van der Waals surface area contributed by atoms with Gasteiger partial charge in [-0.25, -0.2) is 4.98 Å². The number of pyridine rings is 1. The molecule has 0 saturated heterocycles. The van der Waals surface area contributed by atoms with E-state index in [0.29, 0.717) is 0 Å². The van der Waals surface area contributed by atoms with Crippen molar-refractivity contribution in [3.8, 4) is 17.1 Å². The van der Waals surface area contributed by atoms with Gasteiger partial charge in [-0.3, -0.25) is 9.55 Å². The molecule has 0 aliphatic carbocycles. The van der Waals surface area contributed by atoms with Crippen molar-refractivity contribution in [3.63, 3.8) is 0 Å². The molecule has 3 heterocycles. The SMILES string of the molecule is c1ccc(-n2c(-c3ccc(N4c5ccccc5[Si](c5ccccc5)(c5ccccc5)c5ccccc54)cc3)nc3cnccc32)cc1. The van der Waals surface area contributed by atoms with Crippen LogP contribution in [0, 0.1) is 0 Å². The molecule has 6 aromatic carbocycles. The zero-order valence-electron chi connectivity index (χ0n) is 25.6. The van der Waals surface area contributed by atoms with E-state index in [1.54, 1.807) is 0 Å². The molecule has 2 aromatic heterocycles. The Bertz CT molecular complexity index is 2260. The van der Waals surface area contributed by atoms with Crippen LogP contribution < -0.4 is 25.6 Å². The van der Waals surface area contributed by atoms with Crippen LogP contribution in [0.4, 0.5) is 17.1 Å². The topological polar surface area (TPSA) is 34.0 Å². The van der Waals surface area contributed by atoms with E-state index >= 15 is 0 Å². The van der Waals surface area contributed by atoms with Gasteiger partial charge in [0, 0.05) is 34.5 Å². The van der Waals surface area contributed by atoms with Gasteiger partial charge in [-0.15, -0.1) is 0 Å². The second kappa shape index (κ2) is 11.1. The average molecular weight is 619 g/mol. The Labute approximate surface area is 274 Å². The lowest BCUT2D eigenvalue weighted by Crippen LogP contribution is -2.77. The highest BCUT2D eigenvalue weighted by atomic mass is 28.3. The third kappa shape index (κ3) is 4.21. The van der Waals surface area contributed by atoms with Crippen molar-refractivity contribution in [1.29, 1.82) is 0 Å². The quantitative estimate of drug-likeness (QED) is 0.191. The lowest BCUT2D eigenvalue weighted by Gasteiger charge is -2.45. The summed E-state index contributed by atoms with van der Waals surface area (Å²) in [7, 11) is -2.64. The van der Waals surface area contributed by atoms with Crippen molar-refractivity contribution in [2.75, 3.05) is 4.90 Å². The van der Waals surface area contributed by atoms with Gasteiger partial charge in [0.05, 0.1) is 11.7 Å². The molecule has 47 heavy (non-hydrogen) atoms. The fourth-order valence-electron chi connectivity index (χ4n) is 7.41. The minimum atomic E-state index is -2.64. The Morgan fingerprint density at radius 2 is 1.00 bits per heavy atom. The highest BCUT2D eigenvalue weighted by Gasteiger charge is 2.48. The van der Waals surface area contributed by atoms with E-state index in [1.165, 1.54) is 32.1 Å². The summed E-state index contributed by atoms with van der Waals surface area (Å²) in [5, 5.41) is 5.54. The number of hydrogen-bond donors (Lipinski definition) is 0. The largest absolute Gasteiger partial charge is 0.311 e. The van der Waals surface area contributed by atoms with E-state index in [1.807, 2.05) is 24.5 Å². The number of para-hydroxylation sites is 3. The highest BCUT2D eigenvalue weighted by Crippen LogP contribution is 2.39. The Kier molecular flexibility index (Phi) is 6.44. The fraction of sp³-hybridized carbons (Fsp3) is 0. The van der Waals surface area contributed by atoms with Crippen LogP contribution in [0.1, 0.15) is 0 Å². The summed E-state index contributed by atoms with van der Waals surface area (Å²) < 4.78 is 2.22. The molecule has 0 atom stereocenters. The van der Waals surface area contributed by atoms with Gasteiger partial charge in [0.1, 0.15) is 11.3 Å². The van der Waals surface area contributed by atoms with Gasteiger partial charge >= 0.3 is 0 Å². The van der Waals surface area contributed by atoms with E-state index < -0.39 is 8.07 Å². The molecule has 0 spiro atoms. The number of benzene rings is 6. The van der Waals surface area contributed by atoms with E-state index in [2.05, 4.69) is 172 Å². The molecule has 222 valence electrons. The minimum Gasteiger partial charge on any atom is -0.311 e. The monoisotopic (exact) mass is 618 g/mol. The van der Waals surface area contributed by atoms with Crippen LogP contribution in [-0.4, -0.2) is 22.6 Å². The van der Waals surface area contributed by atoms with Crippen LogP contribution in [0.25, 0.3) is 28.1 Å². The van der Waals surface area contributed by atoms with Gasteiger partial charge in [0.15, 0.2) is 8.07 Å². The summed E-state index contributed by atoms with van der Waals surface area (Å²) in [5.74, 6) is 0.893. The predicted octanol–water partition coefficient (Wildman–Crippen LogP) is 7.25. The zero-order chi connectivity index (χ0) is 31.2. The first-order chi connectivity index (χ1) is 23.3. The van der Waals surface area contributed by atoms with Crippen molar-refractivity contribution in [1.82, 2.24) is 14.5 Å². The molecule has 8 aromatic rings. The van der Waals surface area contributed by atoms with Crippen LogP contribution >= 0.6 is 0 Å². The fourth-order valence-corrected chi connectivity index (χ4v) is 12.5. The number of fused-ring (bicyclic) bond motifs is 3. The van der Waals surface area contributed by atoms with Gasteiger partial charge in [-0.2, -0.15) is 0 Å². The number of imidazole rings is 1. The molecule has 0 bridgehead atoms. The smallest absolute Gasteiger partial charge is 0.184 e. The summed E-state index contributed by atoms with van der Waals surface area (Å²) in [6, 6.07) is 61.6. The number of rotatable bonds is 5. The maximum absolute atomic E-state index is 5.05. The standard InChI is InChI=1S/C42H30N4Si/c1-4-14-32(15-5-1)46-37-28-29-43-30-36(37)44-42(46)31-24-26-33(27-25-31)45-38-20-10-12-22-40(38)47(34-16-6-2-7-17-34,35-18-8-3-9-19-35)41-23-13-11-21-39(41)45/h1-30H. The normalized spacial score (nSPS) is 13.2. The molecule has 1 aliphatic heterocycles. The Hall–Kier alpha value is -6.04. The summed E-state index contributed by atoms with van der Waals surface area (Å²) in [4.78, 5) is 11.8. The average Bonchev–Trinajstić information content (AvgIpc) is 3.55. The summed E-state index contributed by atoms with van der Waals surface area (Å²) in [6.07, 6.45) is 3.67. The first kappa shape index (κ1) is 27.3. The molecule has 0 unspecified atom stereocenters. The van der Waals surface area contributed by atoms with E-state index in [4.69, 9.17) is 4.98 Å². The second-order valence-corrected chi connectivity index (χ2v) is 15.6. The maximum Gasteiger partial charge on any atom is 0.184 e. The van der Waals surface area contributed by atoms with Gasteiger partial charge in [0.2, 0.25) is 0 Å². The summed E-state index contributed by atoms with van der Waals surface area (Å²) in [5.41, 5.74) is 7.58. The minimum absolute atomic E-state index is 0.873. The second-order valence-electron chi connectivity index (χ2n) is 11.9. The number of aromatic nitrogens is 3.